The fourth-order valence-electron chi connectivity index (χ4n) is 1.94. The van der Waals surface area contributed by atoms with Crippen molar-refractivity contribution in [2.24, 2.45) is 4.99 Å². The number of aliphatic imine (C=N–C) groups is 1. The minimum absolute atomic E-state index is 0.193. The molecule has 16 heavy (non-hydrogen) atoms. The highest BCUT2D eigenvalue weighted by Crippen LogP contribution is 2.39. The van der Waals surface area contributed by atoms with Crippen LogP contribution in [0.3, 0.4) is 0 Å². The van der Waals surface area contributed by atoms with E-state index in [0.29, 0.717) is 0 Å². The molecule has 0 aromatic heterocycles. The Kier molecular flexibility index (Phi) is 3.14. The molecule has 0 aromatic carbocycles. The van der Waals surface area contributed by atoms with E-state index in [1.165, 1.54) is 18.7 Å². The molecule has 1 heterocycles. The highest BCUT2D eigenvalue weighted by molar-refractivity contribution is 8.05. The number of hydrogen-bond donors (Lipinski definition) is 1. The number of thioether (sulfide) groups is 1. The highest BCUT2D eigenvalue weighted by atomic mass is 32.2. The van der Waals surface area contributed by atoms with Gasteiger partial charge in [-0.15, -0.1) is 11.8 Å². The van der Waals surface area contributed by atoms with Crippen LogP contribution in [-0.4, -0.2) is 27.8 Å². The molecule has 0 saturated carbocycles. The van der Waals surface area contributed by atoms with Crippen molar-refractivity contribution in [3.8, 4) is 0 Å². The molecule has 1 unspecified atom stereocenters. The van der Waals surface area contributed by atoms with Gasteiger partial charge in [0.2, 0.25) is 0 Å². The number of carbonyl (C=O) groups excluding carboxylic acids is 1. The Labute approximate surface area is 97.8 Å². The molecule has 4 nitrogen and oxygen atoms in total. The third-order valence-electron chi connectivity index (χ3n) is 2.74. The Hall–Kier alpha value is -1.10. The number of carbonyl (C=O) groups is 2. The van der Waals surface area contributed by atoms with Gasteiger partial charge in [0.05, 0.1) is 5.70 Å². The number of rotatable bonds is 2. The molecule has 1 N–H and O–H groups in total. The van der Waals surface area contributed by atoms with Crippen LogP contribution in [-0.2, 0) is 9.59 Å². The molecule has 0 spiro atoms. The van der Waals surface area contributed by atoms with Gasteiger partial charge in [-0.3, -0.25) is 14.6 Å². The van der Waals surface area contributed by atoms with E-state index in [1.807, 2.05) is 0 Å². The molecule has 0 aromatic rings. The Bertz CT molecular complexity index is 411. The number of carboxylic acid groups (broad SMARTS) is 1. The minimum atomic E-state index is -0.976. The van der Waals surface area contributed by atoms with Crippen molar-refractivity contribution in [3.63, 3.8) is 0 Å². The van der Waals surface area contributed by atoms with Crippen molar-refractivity contribution >= 4 is 29.2 Å². The summed E-state index contributed by atoms with van der Waals surface area (Å²) < 4.78 is 0. The maximum Gasteiger partial charge on any atom is 0.323 e. The summed E-state index contributed by atoms with van der Waals surface area (Å²) >= 11 is 1.29. The lowest BCUT2D eigenvalue weighted by Gasteiger charge is -2.25. The van der Waals surface area contributed by atoms with Gasteiger partial charge in [-0.05, 0) is 25.7 Å². The van der Waals surface area contributed by atoms with E-state index in [4.69, 9.17) is 5.11 Å². The lowest BCUT2D eigenvalue weighted by Crippen LogP contribution is -2.34. The molecular weight excluding hydrogens is 226 g/mol. The molecule has 1 atom stereocenters. The first-order valence-corrected chi connectivity index (χ1v) is 6.18. The van der Waals surface area contributed by atoms with Crippen molar-refractivity contribution in [3.05, 3.63) is 10.6 Å². The zero-order valence-corrected chi connectivity index (χ0v) is 9.84. The van der Waals surface area contributed by atoms with E-state index in [2.05, 4.69) is 4.99 Å². The third kappa shape index (κ3) is 2.04. The standard InChI is InChI=1S/C11H13NO3S/c1-6(13)9-10(11(14)15)16-8-5-3-2-4-7(8)12-9/h10H,2-5H2,1H3,(H,14,15). The van der Waals surface area contributed by atoms with Crippen LogP contribution in [0.1, 0.15) is 32.6 Å². The summed E-state index contributed by atoms with van der Waals surface area (Å²) in [5.41, 5.74) is 1.12. The summed E-state index contributed by atoms with van der Waals surface area (Å²) in [6.45, 7) is 1.38. The highest BCUT2D eigenvalue weighted by Gasteiger charge is 2.34. The lowest BCUT2D eigenvalue weighted by molar-refractivity contribution is -0.135. The number of aliphatic carboxylic acids is 1. The molecule has 0 saturated heterocycles. The minimum Gasteiger partial charge on any atom is -0.480 e. The van der Waals surface area contributed by atoms with Crippen LogP contribution in [0.2, 0.25) is 0 Å². The maximum atomic E-state index is 11.4. The van der Waals surface area contributed by atoms with Crippen LogP contribution in [0, 0.1) is 0 Å². The summed E-state index contributed by atoms with van der Waals surface area (Å²) in [6, 6.07) is 0. The molecule has 86 valence electrons. The average molecular weight is 239 g/mol. The topological polar surface area (TPSA) is 66.7 Å². The first-order valence-electron chi connectivity index (χ1n) is 5.30. The van der Waals surface area contributed by atoms with Crippen LogP contribution in [0.25, 0.3) is 0 Å². The first kappa shape index (κ1) is 11.4. The average Bonchev–Trinajstić information content (AvgIpc) is 2.27. The van der Waals surface area contributed by atoms with E-state index in [9.17, 15) is 9.59 Å². The van der Waals surface area contributed by atoms with Crippen LogP contribution >= 0.6 is 11.8 Å². The SMILES string of the molecule is CC(=O)C1=NC2=C(CCCC2)SC1C(=O)O. The molecule has 2 rings (SSSR count). The van der Waals surface area contributed by atoms with E-state index < -0.39 is 11.2 Å². The molecule has 0 amide bonds. The quantitative estimate of drug-likeness (QED) is 0.800. The maximum absolute atomic E-state index is 11.4. The van der Waals surface area contributed by atoms with Gasteiger partial charge in [0, 0.05) is 11.8 Å². The normalized spacial score (nSPS) is 24.8. The summed E-state index contributed by atoms with van der Waals surface area (Å²) in [6.07, 6.45) is 3.93. The van der Waals surface area contributed by atoms with E-state index in [-0.39, 0.29) is 11.5 Å². The van der Waals surface area contributed by atoms with Gasteiger partial charge in [0.25, 0.3) is 0 Å². The van der Waals surface area contributed by atoms with Crippen LogP contribution < -0.4 is 0 Å². The second kappa shape index (κ2) is 4.41. The summed E-state index contributed by atoms with van der Waals surface area (Å²) in [5, 5.41) is 8.26. The largest absolute Gasteiger partial charge is 0.480 e. The molecule has 2 aliphatic rings. The Morgan fingerprint density at radius 3 is 2.69 bits per heavy atom. The third-order valence-corrected chi connectivity index (χ3v) is 4.12. The summed E-state index contributed by atoms with van der Waals surface area (Å²) in [7, 11) is 0. The molecule has 5 heteroatoms. The fourth-order valence-corrected chi connectivity index (χ4v) is 3.20. The van der Waals surface area contributed by atoms with Gasteiger partial charge in [-0.2, -0.15) is 0 Å². The van der Waals surface area contributed by atoms with Crippen molar-refractivity contribution < 1.29 is 14.7 Å². The first-order chi connectivity index (χ1) is 7.59. The molecule has 0 fully saturated rings. The van der Waals surface area contributed by atoms with Crippen molar-refractivity contribution in [1.29, 1.82) is 0 Å². The fraction of sp³-hybridized carbons (Fsp3) is 0.545. The number of carboxylic acids is 1. The van der Waals surface area contributed by atoms with E-state index in [0.717, 1.165) is 36.3 Å². The van der Waals surface area contributed by atoms with Gasteiger partial charge in [0.1, 0.15) is 5.71 Å². The predicted octanol–water partition coefficient (Wildman–Crippen LogP) is 2.00. The number of hydrogen-bond acceptors (Lipinski definition) is 4. The Balaban J connectivity index is 2.36. The molecule has 1 aliphatic carbocycles. The number of Topliss-reactive ketones (excluding diaryl/α,β-unsaturated/α-hetero) is 1. The van der Waals surface area contributed by atoms with Crippen molar-refractivity contribution in [2.45, 2.75) is 37.9 Å². The molecule has 0 radical (unpaired) electrons. The molecule has 0 bridgehead atoms. The van der Waals surface area contributed by atoms with Crippen LogP contribution in [0.5, 0.6) is 0 Å². The Morgan fingerprint density at radius 2 is 2.06 bits per heavy atom. The molecular formula is C11H13NO3S. The van der Waals surface area contributed by atoms with Gasteiger partial charge < -0.3 is 5.11 Å². The van der Waals surface area contributed by atoms with E-state index >= 15 is 0 Å². The second-order valence-electron chi connectivity index (χ2n) is 3.97. The van der Waals surface area contributed by atoms with Gasteiger partial charge in [-0.1, -0.05) is 0 Å². The molecule has 1 aliphatic heterocycles. The Morgan fingerprint density at radius 1 is 1.38 bits per heavy atom. The van der Waals surface area contributed by atoms with Gasteiger partial charge >= 0.3 is 5.97 Å². The van der Waals surface area contributed by atoms with Crippen LogP contribution in [0.15, 0.2) is 15.6 Å². The zero-order valence-electron chi connectivity index (χ0n) is 9.02. The van der Waals surface area contributed by atoms with Crippen LogP contribution in [0.4, 0.5) is 0 Å². The van der Waals surface area contributed by atoms with Crippen molar-refractivity contribution in [2.75, 3.05) is 0 Å². The smallest absolute Gasteiger partial charge is 0.323 e. The number of nitrogens with zero attached hydrogens (tertiary/aromatic N) is 1. The monoisotopic (exact) mass is 239 g/mol. The zero-order chi connectivity index (χ0) is 11.7. The van der Waals surface area contributed by atoms with Gasteiger partial charge in [0.15, 0.2) is 11.0 Å². The number of ketones is 1. The summed E-state index contributed by atoms with van der Waals surface area (Å²) in [4.78, 5) is 27.7. The second-order valence-corrected chi connectivity index (χ2v) is 5.17. The van der Waals surface area contributed by atoms with Crippen molar-refractivity contribution in [1.82, 2.24) is 0 Å². The lowest BCUT2D eigenvalue weighted by atomic mass is 10.0. The predicted molar refractivity (Wildman–Crippen MR) is 62.6 cm³/mol. The number of allylic oxidation sites excluding steroid dienone is 2. The van der Waals surface area contributed by atoms with Gasteiger partial charge in [-0.25, -0.2) is 0 Å². The van der Waals surface area contributed by atoms with E-state index in [1.54, 1.807) is 0 Å². The summed E-state index contributed by atoms with van der Waals surface area (Å²) in [5.74, 6) is -1.21.